The van der Waals surface area contributed by atoms with Crippen molar-refractivity contribution in [2.24, 2.45) is 0 Å². The van der Waals surface area contributed by atoms with Gasteiger partial charge in [0.05, 0.1) is 6.04 Å². The van der Waals surface area contributed by atoms with E-state index < -0.39 is 0 Å². The molecule has 0 saturated carbocycles. The normalized spacial score (nSPS) is 16.2. The number of rotatable bonds is 4. The maximum Gasteiger partial charge on any atom is 0.318 e. The summed E-state index contributed by atoms with van der Waals surface area (Å²) in [7, 11) is 1.61. The molecule has 6 heteroatoms. The number of thiophene rings is 1. The molecule has 1 aromatic carbocycles. The Morgan fingerprint density at radius 2 is 2.16 bits per heavy atom. The van der Waals surface area contributed by atoms with Gasteiger partial charge in [-0.05, 0) is 47.5 Å². The van der Waals surface area contributed by atoms with Crippen molar-refractivity contribution in [1.29, 1.82) is 0 Å². The zero-order chi connectivity index (χ0) is 17.8. The summed E-state index contributed by atoms with van der Waals surface area (Å²) in [6.45, 7) is 3.27. The molecule has 2 heterocycles. The molecule has 0 bridgehead atoms. The van der Waals surface area contributed by atoms with Crippen LogP contribution in [-0.2, 0) is 13.0 Å². The van der Waals surface area contributed by atoms with Crippen LogP contribution >= 0.6 is 11.3 Å². The molecular weight excluding hydrogens is 334 g/mol. The Kier molecular flexibility index (Phi) is 5.38. The third-order valence-electron chi connectivity index (χ3n) is 4.60. The van der Waals surface area contributed by atoms with Gasteiger partial charge in [0.1, 0.15) is 0 Å². The number of carbonyl (C=O) groups is 2. The maximum atomic E-state index is 12.7. The van der Waals surface area contributed by atoms with Crippen LogP contribution < -0.4 is 10.6 Å². The summed E-state index contributed by atoms with van der Waals surface area (Å²) in [5, 5.41) is 7.72. The van der Waals surface area contributed by atoms with Gasteiger partial charge in [-0.1, -0.05) is 19.1 Å². The molecule has 3 amide bonds. The standard InChI is InChI=1S/C19H23N3O2S/c1-3-16-15-8-10-25-17(15)7-9-22(16)19(24)21-12-13-5-4-6-14(11-13)18(23)20-2/h4-6,8,10-11,16H,3,7,9,12H2,1-2H3,(H,20,23)(H,21,24). The summed E-state index contributed by atoms with van der Waals surface area (Å²) >= 11 is 1.78. The first kappa shape index (κ1) is 17.5. The van der Waals surface area contributed by atoms with Crippen molar-refractivity contribution in [3.8, 4) is 0 Å². The molecule has 5 nitrogen and oxygen atoms in total. The van der Waals surface area contributed by atoms with E-state index in [1.54, 1.807) is 24.5 Å². The monoisotopic (exact) mass is 357 g/mol. The van der Waals surface area contributed by atoms with Gasteiger partial charge in [0.25, 0.3) is 5.91 Å². The van der Waals surface area contributed by atoms with Crippen LogP contribution in [-0.4, -0.2) is 30.4 Å². The Balaban J connectivity index is 1.66. The zero-order valence-electron chi connectivity index (χ0n) is 14.5. The van der Waals surface area contributed by atoms with Gasteiger partial charge in [-0.3, -0.25) is 4.79 Å². The third kappa shape index (κ3) is 3.69. The summed E-state index contributed by atoms with van der Waals surface area (Å²) < 4.78 is 0. The van der Waals surface area contributed by atoms with Gasteiger partial charge in [0.2, 0.25) is 0 Å². The van der Waals surface area contributed by atoms with Crippen LogP contribution in [0.25, 0.3) is 0 Å². The molecule has 0 radical (unpaired) electrons. The first-order valence-electron chi connectivity index (χ1n) is 8.55. The van der Waals surface area contributed by atoms with Gasteiger partial charge in [-0.15, -0.1) is 11.3 Å². The Morgan fingerprint density at radius 3 is 2.92 bits per heavy atom. The summed E-state index contributed by atoms with van der Waals surface area (Å²) in [6, 6.07) is 9.56. The van der Waals surface area contributed by atoms with Crippen molar-refractivity contribution >= 4 is 23.3 Å². The summed E-state index contributed by atoms with van der Waals surface area (Å²) in [6.07, 6.45) is 1.83. The molecule has 0 fully saturated rings. The number of fused-ring (bicyclic) bond motifs is 1. The van der Waals surface area contributed by atoms with E-state index in [1.807, 2.05) is 23.1 Å². The molecular formula is C19H23N3O2S. The highest BCUT2D eigenvalue weighted by Gasteiger charge is 2.30. The average molecular weight is 357 g/mol. The fourth-order valence-corrected chi connectivity index (χ4v) is 4.25. The number of benzene rings is 1. The quantitative estimate of drug-likeness (QED) is 0.882. The number of nitrogens with one attached hydrogen (secondary N) is 2. The highest BCUT2D eigenvalue weighted by atomic mass is 32.1. The predicted octanol–water partition coefficient (Wildman–Crippen LogP) is 3.33. The number of hydrogen-bond donors (Lipinski definition) is 2. The molecule has 0 aliphatic carbocycles. The number of hydrogen-bond acceptors (Lipinski definition) is 3. The van der Waals surface area contributed by atoms with Crippen LogP contribution in [0.5, 0.6) is 0 Å². The van der Waals surface area contributed by atoms with Crippen LogP contribution in [0, 0.1) is 0 Å². The topological polar surface area (TPSA) is 61.4 Å². The lowest BCUT2D eigenvalue weighted by atomic mass is 9.98. The second-order valence-electron chi connectivity index (χ2n) is 6.10. The summed E-state index contributed by atoms with van der Waals surface area (Å²) in [5.41, 5.74) is 2.80. The van der Waals surface area contributed by atoms with Crippen molar-refractivity contribution in [2.75, 3.05) is 13.6 Å². The van der Waals surface area contributed by atoms with Crippen molar-refractivity contribution in [1.82, 2.24) is 15.5 Å². The molecule has 2 N–H and O–H groups in total. The lowest BCUT2D eigenvalue weighted by Crippen LogP contribution is -2.44. The van der Waals surface area contributed by atoms with Crippen LogP contribution in [0.2, 0.25) is 0 Å². The summed E-state index contributed by atoms with van der Waals surface area (Å²) in [5.74, 6) is -0.125. The molecule has 1 atom stereocenters. The van der Waals surface area contributed by atoms with E-state index >= 15 is 0 Å². The number of urea groups is 1. The first-order chi connectivity index (χ1) is 12.1. The smallest absolute Gasteiger partial charge is 0.318 e. The minimum Gasteiger partial charge on any atom is -0.355 e. The van der Waals surface area contributed by atoms with Crippen molar-refractivity contribution in [3.05, 3.63) is 57.3 Å². The van der Waals surface area contributed by atoms with E-state index in [2.05, 4.69) is 29.0 Å². The van der Waals surface area contributed by atoms with Crippen LogP contribution in [0.1, 0.15) is 45.7 Å². The van der Waals surface area contributed by atoms with Crippen LogP contribution in [0.15, 0.2) is 35.7 Å². The molecule has 1 aromatic heterocycles. The second kappa shape index (κ2) is 7.70. The Morgan fingerprint density at radius 1 is 1.32 bits per heavy atom. The van der Waals surface area contributed by atoms with Crippen molar-refractivity contribution in [3.63, 3.8) is 0 Å². The van der Waals surface area contributed by atoms with E-state index in [-0.39, 0.29) is 18.0 Å². The van der Waals surface area contributed by atoms with Gasteiger partial charge < -0.3 is 15.5 Å². The second-order valence-corrected chi connectivity index (χ2v) is 7.11. The van der Waals surface area contributed by atoms with E-state index in [1.165, 1.54) is 10.4 Å². The van der Waals surface area contributed by atoms with Crippen molar-refractivity contribution < 1.29 is 9.59 Å². The summed E-state index contributed by atoms with van der Waals surface area (Å²) in [4.78, 5) is 27.7. The largest absolute Gasteiger partial charge is 0.355 e. The molecule has 3 rings (SSSR count). The third-order valence-corrected chi connectivity index (χ3v) is 5.60. The molecule has 132 valence electrons. The van der Waals surface area contributed by atoms with E-state index in [4.69, 9.17) is 0 Å². The van der Waals surface area contributed by atoms with Gasteiger partial charge in [0.15, 0.2) is 0 Å². The first-order valence-corrected chi connectivity index (χ1v) is 9.43. The minimum absolute atomic E-state index is 0.0472. The van der Waals surface area contributed by atoms with Gasteiger partial charge in [0, 0.05) is 30.6 Å². The molecule has 25 heavy (non-hydrogen) atoms. The van der Waals surface area contributed by atoms with Crippen LogP contribution in [0.4, 0.5) is 4.79 Å². The van der Waals surface area contributed by atoms with E-state index in [0.29, 0.717) is 12.1 Å². The van der Waals surface area contributed by atoms with Crippen molar-refractivity contribution in [2.45, 2.75) is 32.4 Å². The van der Waals surface area contributed by atoms with Gasteiger partial charge in [-0.2, -0.15) is 0 Å². The number of carbonyl (C=O) groups excluding carboxylic acids is 2. The number of amides is 3. The minimum atomic E-state index is -0.125. The Bertz CT molecular complexity index is 772. The fourth-order valence-electron chi connectivity index (χ4n) is 3.33. The average Bonchev–Trinajstić information content (AvgIpc) is 3.13. The molecule has 1 unspecified atom stereocenters. The number of nitrogens with zero attached hydrogens (tertiary/aromatic N) is 1. The predicted molar refractivity (Wildman–Crippen MR) is 99.8 cm³/mol. The molecule has 1 aliphatic rings. The van der Waals surface area contributed by atoms with Gasteiger partial charge >= 0.3 is 6.03 Å². The SMILES string of the molecule is CCC1c2ccsc2CCN1C(=O)NCc1cccc(C(=O)NC)c1. The molecule has 2 aromatic rings. The molecule has 1 aliphatic heterocycles. The highest BCUT2D eigenvalue weighted by molar-refractivity contribution is 7.10. The lowest BCUT2D eigenvalue weighted by Gasteiger charge is -2.35. The fraction of sp³-hybridized carbons (Fsp3) is 0.368. The van der Waals surface area contributed by atoms with Crippen LogP contribution in [0.3, 0.4) is 0 Å². The molecule has 0 spiro atoms. The van der Waals surface area contributed by atoms with Gasteiger partial charge in [-0.25, -0.2) is 4.79 Å². The maximum absolute atomic E-state index is 12.7. The highest BCUT2D eigenvalue weighted by Crippen LogP contribution is 2.35. The van der Waals surface area contributed by atoms with E-state index in [9.17, 15) is 9.59 Å². The zero-order valence-corrected chi connectivity index (χ0v) is 15.4. The van der Waals surface area contributed by atoms with E-state index in [0.717, 1.165) is 24.9 Å². The lowest BCUT2D eigenvalue weighted by molar-refractivity contribution is 0.0963. The Hall–Kier alpha value is -2.34. The molecule has 0 saturated heterocycles. The Labute approximate surface area is 152 Å².